The number of aromatic hydroxyl groups is 2. The molecule has 0 bridgehead atoms. The van der Waals surface area contributed by atoms with Crippen molar-refractivity contribution in [2.24, 2.45) is 0 Å². The highest BCUT2D eigenvalue weighted by molar-refractivity contribution is 7.86. The minimum absolute atomic E-state index is 0.00133. The summed E-state index contributed by atoms with van der Waals surface area (Å²) in [6.45, 7) is -1.97. The number of hydrogen-bond donors (Lipinski definition) is 6. The predicted molar refractivity (Wildman–Crippen MR) is 122 cm³/mol. The van der Waals surface area contributed by atoms with Crippen molar-refractivity contribution in [1.82, 2.24) is 9.80 Å². The van der Waals surface area contributed by atoms with Crippen LogP contribution in [0.4, 0.5) is 0 Å². The van der Waals surface area contributed by atoms with Crippen molar-refractivity contribution in [1.29, 1.82) is 0 Å². The number of nitrogens with zero attached hydrogens (tertiary/aromatic N) is 2. The Balaban J connectivity index is 2.43. The Morgan fingerprint density at radius 1 is 0.667 bits per heavy atom. The summed E-state index contributed by atoms with van der Waals surface area (Å²) in [5.41, 5.74) is -0.00265. The van der Waals surface area contributed by atoms with Crippen LogP contribution in [0.25, 0.3) is 0 Å². The summed E-state index contributed by atoms with van der Waals surface area (Å²) in [7, 11) is -9.24. The monoisotopic (exact) mass is 548 g/mol. The zero-order valence-electron chi connectivity index (χ0n) is 18.6. The Morgan fingerprint density at radius 3 is 1.36 bits per heavy atom. The third-order valence-corrected chi connectivity index (χ3v) is 6.64. The summed E-state index contributed by atoms with van der Waals surface area (Å²) >= 11 is 0. The van der Waals surface area contributed by atoms with Gasteiger partial charge in [0.25, 0.3) is 20.2 Å². The number of carboxylic acids is 2. The van der Waals surface area contributed by atoms with Gasteiger partial charge in [-0.1, -0.05) is 0 Å². The van der Waals surface area contributed by atoms with E-state index in [0.29, 0.717) is 0 Å². The molecule has 2 aromatic rings. The molecule has 0 aliphatic carbocycles. The lowest BCUT2D eigenvalue weighted by Crippen LogP contribution is -2.40. The Kier molecular flexibility index (Phi) is 9.36. The van der Waals surface area contributed by atoms with Crippen LogP contribution in [0.3, 0.4) is 0 Å². The molecule has 2 aromatic carbocycles. The molecule has 0 heterocycles. The first-order chi connectivity index (χ1) is 16.6. The van der Waals surface area contributed by atoms with E-state index in [1.165, 1.54) is 4.90 Å². The van der Waals surface area contributed by atoms with Crippen LogP contribution in [0.15, 0.2) is 46.2 Å². The van der Waals surface area contributed by atoms with Crippen molar-refractivity contribution in [3.05, 3.63) is 47.5 Å². The zero-order chi connectivity index (χ0) is 27.3. The van der Waals surface area contributed by atoms with E-state index in [-0.39, 0.29) is 48.8 Å². The molecule has 0 saturated carbocycles. The summed E-state index contributed by atoms with van der Waals surface area (Å²) in [5.74, 6) is -3.31. The molecular weight excluding hydrogens is 524 g/mol. The van der Waals surface area contributed by atoms with E-state index in [4.69, 9.17) is 10.2 Å². The minimum atomic E-state index is -4.62. The molecule has 198 valence electrons. The highest BCUT2D eigenvalue weighted by Gasteiger charge is 2.20. The largest absolute Gasteiger partial charge is 0.508 e. The number of rotatable bonds is 13. The molecular formula is C20H24N2O12S2. The standard InChI is InChI=1S/C20H24N2O12S2/c23-17-3-1-15(35(29,30)31)7-13(17)9-21(5-6-22(11-19(25)26)12-20(27)28)10-14-8-16(36(32,33)34)2-4-18(14)24/h1-4,7-8,23-24H,5-6,9-12H2,(H,25,26)(H,27,28)(H,29,30,31)(H,32,33,34). The second-order valence-electron chi connectivity index (χ2n) is 7.74. The maximum absolute atomic E-state index is 11.5. The number of carboxylic acid groups (broad SMARTS) is 2. The van der Waals surface area contributed by atoms with Gasteiger partial charge in [0.1, 0.15) is 11.5 Å². The molecule has 0 fully saturated rings. The molecule has 14 nitrogen and oxygen atoms in total. The van der Waals surface area contributed by atoms with Crippen molar-refractivity contribution in [2.75, 3.05) is 26.2 Å². The van der Waals surface area contributed by atoms with E-state index in [0.717, 1.165) is 41.3 Å². The number of aliphatic carboxylic acids is 2. The number of phenolic OH excluding ortho intramolecular Hbond substituents is 2. The minimum Gasteiger partial charge on any atom is -0.508 e. The molecule has 0 aromatic heterocycles. The smallest absolute Gasteiger partial charge is 0.317 e. The van der Waals surface area contributed by atoms with E-state index in [1.54, 1.807) is 0 Å². The molecule has 36 heavy (non-hydrogen) atoms. The van der Waals surface area contributed by atoms with Gasteiger partial charge in [0.15, 0.2) is 0 Å². The maximum Gasteiger partial charge on any atom is 0.317 e. The molecule has 0 amide bonds. The van der Waals surface area contributed by atoms with Crippen molar-refractivity contribution >= 4 is 32.2 Å². The SMILES string of the molecule is O=C(O)CN(CCN(Cc1cc(S(=O)(=O)O)ccc1O)Cc1cc(S(=O)(=O)O)ccc1O)CC(=O)O. The average Bonchev–Trinajstić information content (AvgIpc) is 2.72. The summed E-state index contributed by atoms with van der Waals surface area (Å²) in [5, 5.41) is 38.5. The van der Waals surface area contributed by atoms with E-state index in [9.17, 15) is 45.7 Å². The van der Waals surface area contributed by atoms with Crippen molar-refractivity contribution in [3.8, 4) is 11.5 Å². The van der Waals surface area contributed by atoms with Crippen LogP contribution in [-0.4, -0.2) is 94.3 Å². The van der Waals surface area contributed by atoms with Crippen LogP contribution in [0.2, 0.25) is 0 Å². The normalized spacial score (nSPS) is 12.2. The number of hydrogen-bond acceptors (Lipinski definition) is 10. The zero-order valence-corrected chi connectivity index (χ0v) is 20.2. The van der Waals surface area contributed by atoms with Crippen molar-refractivity contribution in [3.63, 3.8) is 0 Å². The molecule has 0 unspecified atom stereocenters. The molecule has 0 radical (unpaired) electrons. The fourth-order valence-electron chi connectivity index (χ4n) is 3.27. The molecule has 0 atom stereocenters. The first-order valence-electron chi connectivity index (χ1n) is 10.0. The van der Waals surface area contributed by atoms with Crippen LogP contribution in [0.1, 0.15) is 11.1 Å². The summed E-state index contributed by atoms with van der Waals surface area (Å²) in [6.07, 6.45) is 0. The second-order valence-corrected chi connectivity index (χ2v) is 10.6. The number of phenols is 2. The number of carbonyl (C=O) groups is 2. The van der Waals surface area contributed by atoms with Gasteiger partial charge in [0.05, 0.1) is 22.9 Å². The summed E-state index contributed by atoms with van der Waals surface area (Å²) < 4.78 is 64.6. The van der Waals surface area contributed by atoms with Gasteiger partial charge in [-0.05, 0) is 36.4 Å². The van der Waals surface area contributed by atoms with Crippen LogP contribution in [-0.2, 0) is 42.9 Å². The van der Waals surface area contributed by atoms with E-state index in [2.05, 4.69) is 0 Å². The highest BCUT2D eigenvalue weighted by Crippen LogP contribution is 2.26. The highest BCUT2D eigenvalue weighted by atomic mass is 32.2. The van der Waals surface area contributed by atoms with Gasteiger partial charge >= 0.3 is 11.9 Å². The van der Waals surface area contributed by atoms with Crippen molar-refractivity contribution in [2.45, 2.75) is 22.9 Å². The molecule has 0 aliphatic rings. The summed E-state index contributed by atoms with van der Waals surface area (Å²) in [4.78, 5) is 23.7. The molecule has 0 saturated heterocycles. The first kappa shape index (κ1) is 29.0. The molecule has 2 rings (SSSR count). The number of benzene rings is 2. The van der Waals surface area contributed by atoms with Gasteiger partial charge in [0.2, 0.25) is 0 Å². The van der Waals surface area contributed by atoms with Gasteiger partial charge in [-0.15, -0.1) is 0 Å². The molecule has 16 heteroatoms. The van der Waals surface area contributed by atoms with Gasteiger partial charge < -0.3 is 20.4 Å². The lowest BCUT2D eigenvalue weighted by atomic mass is 10.1. The van der Waals surface area contributed by atoms with Crippen LogP contribution >= 0.6 is 0 Å². The Bertz CT molecular complexity index is 1240. The van der Waals surface area contributed by atoms with E-state index in [1.807, 2.05) is 0 Å². The van der Waals surface area contributed by atoms with Gasteiger partial charge in [-0.3, -0.25) is 28.5 Å². The van der Waals surface area contributed by atoms with E-state index < -0.39 is 55.1 Å². The third kappa shape index (κ3) is 8.74. The van der Waals surface area contributed by atoms with E-state index >= 15 is 0 Å². The topological polar surface area (TPSA) is 230 Å². The molecule has 0 aliphatic heterocycles. The molecule has 6 N–H and O–H groups in total. The van der Waals surface area contributed by atoms with Crippen LogP contribution < -0.4 is 0 Å². The molecule has 0 spiro atoms. The maximum atomic E-state index is 11.5. The fraction of sp³-hybridized carbons (Fsp3) is 0.300. The fourth-order valence-corrected chi connectivity index (χ4v) is 4.34. The van der Waals surface area contributed by atoms with Gasteiger partial charge in [0, 0.05) is 37.3 Å². The van der Waals surface area contributed by atoms with Crippen LogP contribution in [0, 0.1) is 0 Å². The average molecular weight is 549 g/mol. The van der Waals surface area contributed by atoms with Gasteiger partial charge in [-0.2, -0.15) is 16.8 Å². The lowest BCUT2D eigenvalue weighted by Gasteiger charge is -2.27. The van der Waals surface area contributed by atoms with Crippen molar-refractivity contribution < 1.29 is 56.0 Å². The Hall–Kier alpha value is -3.28. The van der Waals surface area contributed by atoms with Gasteiger partial charge in [-0.25, -0.2) is 0 Å². The summed E-state index contributed by atoms with van der Waals surface area (Å²) in [6, 6.07) is 5.93. The Labute approximate surface area is 206 Å². The second kappa shape index (κ2) is 11.6. The quantitative estimate of drug-likeness (QED) is 0.182. The Morgan fingerprint density at radius 2 is 1.03 bits per heavy atom. The van der Waals surface area contributed by atoms with Crippen LogP contribution in [0.5, 0.6) is 11.5 Å². The third-order valence-electron chi connectivity index (χ3n) is 4.94. The lowest BCUT2D eigenvalue weighted by molar-refractivity contribution is -0.141. The first-order valence-corrected chi connectivity index (χ1v) is 12.9. The predicted octanol–water partition coefficient (Wildman–Crippen LogP) is 0.0646.